The number of halogens is 1. The van der Waals surface area contributed by atoms with Gasteiger partial charge in [0.05, 0.1) is 0 Å². The lowest BCUT2D eigenvalue weighted by Gasteiger charge is -2.16. The number of nitrogens with zero attached hydrogens (tertiary/aromatic N) is 4. The molecule has 6 rings (SSSR count). The Labute approximate surface area is 273 Å². The van der Waals surface area contributed by atoms with Crippen LogP contribution in [0.15, 0.2) is 136 Å². The number of aliphatic imine (C=N–C) groups is 2. The summed E-state index contributed by atoms with van der Waals surface area (Å²) in [7, 11) is 0. The maximum absolute atomic E-state index is 6.76. The van der Waals surface area contributed by atoms with Crippen LogP contribution in [0, 0.1) is 0 Å². The SMILES string of the molecule is CCC(=NC(=NC(N)c1ccc(C2=CNCCC2)cc1)c1ccc(-c2cccnc2)cc1)c1cc(Br)cc(-c2cccnc2)c1. The van der Waals surface area contributed by atoms with Gasteiger partial charge in [-0.2, -0.15) is 0 Å². The number of amidine groups is 1. The second kappa shape index (κ2) is 14.4. The quantitative estimate of drug-likeness (QED) is 0.129. The molecule has 3 heterocycles. The zero-order valence-corrected chi connectivity index (χ0v) is 26.8. The van der Waals surface area contributed by atoms with Crippen LogP contribution in [0.1, 0.15) is 54.6 Å². The molecule has 5 aromatic rings. The first-order chi connectivity index (χ1) is 22.1. The number of hydrogen-bond acceptors (Lipinski definition) is 5. The molecular formula is C38H35BrN6. The molecule has 0 radical (unpaired) electrons. The monoisotopic (exact) mass is 654 g/mol. The predicted molar refractivity (Wildman–Crippen MR) is 189 cm³/mol. The second-order valence-electron chi connectivity index (χ2n) is 10.9. The summed E-state index contributed by atoms with van der Waals surface area (Å²) in [6.45, 7) is 3.14. The fourth-order valence-electron chi connectivity index (χ4n) is 5.42. The number of hydrogen-bond donors (Lipinski definition) is 2. The van der Waals surface area contributed by atoms with Gasteiger partial charge in [-0.05, 0) is 88.5 Å². The van der Waals surface area contributed by atoms with Gasteiger partial charge in [-0.15, -0.1) is 0 Å². The molecule has 0 saturated carbocycles. The lowest BCUT2D eigenvalue weighted by molar-refractivity contribution is 0.739. The van der Waals surface area contributed by atoms with Gasteiger partial charge < -0.3 is 11.1 Å². The van der Waals surface area contributed by atoms with E-state index in [9.17, 15) is 0 Å². The van der Waals surface area contributed by atoms with Crippen molar-refractivity contribution in [1.29, 1.82) is 0 Å². The van der Waals surface area contributed by atoms with Gasteiger partial charge in [-0.25, -0.2) is 9.98 Å². The third-order valence-corrected chi connectivity index (χ3v) is 8.33. The average Bonchev–Trinajstić information content (AvgIpc) is 3.11. The summed E-state index contributed by atoms with van der Waals surface area (Å²) >= 11 is 3.72. The average molecular weight is 656 g/mol. The Balaban J connectivity index is 1.38. The van der Waals surface area contributed by atoms with Crippen LogP contribution in [0.4, 0.5) is 0 Å². The van der Waals surface area contributed by atoms with E-state index in [4.69, 9.17) is 15.7 Å². The Kier molecular flexibility index (Phi) is 9.68. The lowest BCUT2D eigenvalue weighted by atomic mass is 9.98. The highest BCUT2D eigenvalue weighted by molar-refractivity contribution is 9.10. The summed E-state index contributed by atoms with van der Waals surface area (Å²) in [6, 6.07) is 31.0. The summed E-state index contributed by atoms with van der Waals surface area (Å²) in [5.74, 6) is 0.586. The Morgan fingerprint density at radius 1 is 0.822 bits per heavy atom. The van der Waals surface area contributed by atoms with E-state index in [-0.39, 0.29) is 0 Å². The Hall–Kier alpha value is -4.72. The molecule has 1 aliphatic rings. The van der Waals surface area contributed by atoms with Crippen LogP contribution in [0.5, 0.6) is 0 Å². The van der Waals surface area contributed by atoms with Crippen molar-refractivity contribution in [2.75, 3.05) is 6.54 Å². The van der Waals surface area contributed by atoms with Crippen molar-refractivity contribution in [2.45, 2.75) is 32.4 Å². The highest BCUT2D eigenvalue weighted by Crippen LogP contribution is 2.27. The Morgan fingerprint density at radius 2 is 1.51 bits per heavy atom. The number of nitrogens with two attached hydrogens (primary N) is 1. The highest BCUT2D eigenvalue weighted by atomic mass is 79.9. The number of nitrogens with one attached hydrogen (secondary N) is 1. The van der Waals surface area contributed by atoms with Crippen LogP contribution in [0.25, 0.3) is 27.8 Å². The van der Waals surface area contributed by atoms with Crippen LogP contribution < -0.4 is 11.1 Å². The molecular weight excluding hydrogens is 620 g/mol. The molecule has 6 nitrogen and oxygen atoms in total. The highest BCUT2D eigenvalue weighted by Gasteiger charge is 2.14. The molecule has 2 aromatic heterocycles. The van der Waals surface area contributed by atoms with E-state index < -0.39 is 6.17 Å². The number of rotatable bonds is 8. The third kappa shape index (κ3) is 7.51. The largest absolute Gasteiger partial charge is 0.391 e. The second-order valence-corrected chi connectivity index (χ2v) is 11.9. The van der Waals surface area contributed by atoms with Gasteiger partial charge in [0.2, 0.25) is 0 Å². The summed E-state index contributed by atoms with van der Waals surface area (Å²) in [5.41, 5.74) is 17.3. The van der Waals surface area contributed by atoms with E-state index in [1.54, 1.807) is 12.4 Å². The van der Waals surface area contributed by atoms with Gasteiger partial charge in [0.15, 0.2) is 5.84 Å². The first-order valence-electron chi connectivity index (χ1n) is 15.2. The summed E-state index contributed by atoms with van der Waals surface area (Å²) in [5, 5.41) is 3.35. The standard InChI is InChI=1S/C38H35BrN6/c1-2-36(34-20-33(21-35(39)22-34)32-8-5-19-43-25-32)44-38(29-15-11-27(12-16-29)31-7-4-18-42-24-31)45-37(40)28-13-9-26(10-14-28)30-6-3-17-41-23-30/h4-5,7-16,18-25,37,41H,2-3,6,17,40H2,1H3. The van der Waals surface area contributed by atoms with Crippen molar-refractivity contribution in [3.05, 3.63) is 149 Å². The van der Waals surface area contributed by atoms with Crippen molar-refractivity contribution in [1.82, 2.24) is 15.3 Å². The molecule has 0 amide bonds. The normalized spacial score (nSPS) is 14.4. The number of allylic oxidation sites excluding steroid dienone is 1. The minimum atomic E-state index is -0.583. The van der Waals surface area contributed by atoms with Crippen LogP contribution in [-0.4, -0.2) is 28.1 Å². The molecule has 45 heavy (non-hydrogen) atoms. The van der Waals surface area contributed by atoms with Crippen molar-refractivity contribution in [3.63, 3.8) is 0 Å². The van der Waals surface area contributed by atoms with E-state index in [0.717, 1.165) is 68.5 Å². The molecule has 0 saturated heterocycles. The molecule has 0 fully saturated rings. The number of benzene rings is 3. The van der Waals surface area contributed by atoms with E-state index in [1.807, 2.05) is 24.5 Å². The summed E-state index contributed by atoms with van der Waals surface area (Å²) < 4.78 is 0.972. The van der Waals surface area contributed by atoms with E-state index >= 15 is 0 Å². The van der Waals surface area contributed by atoms with Crippen molar-refractivity contribution in [3.8, 4) is 22.3 Å². The molecule has 1 unspecified atom stereocenters. The first kappa shape index (κ1) is 30.3. The minimum absolute atomic E-state index is 0.583. The van der Waals surface area contributed by atoms with E-state index in [1.165, 1.54) is 11.1 Å². The number of aromatic nitrogens is 2. The Bertz CT molecular complexity index is 1830. The van der Waals surface area contributed by atoms with Gasteiger partial charge in [-0.3, -0.25) is 9.97 Å². The molecule has 224 valence electrons. The molecule has 0 aliphatic carbocycles. The van der Waals surface area contributed by atoms with Gasteiger partial charge in [-0.1, -0.05) is 83.5 Å². The molecule has 0 spiro atoms. The van der Waals surface area contributed by atoms with Gasteiger partial charge in [0.1, 0.15) is 6.17 Å². The van der Waals surface area contributed by atoms with E-state index in [2.05, 4.69) is 123 Å². The molecule has 1 aliphatic heterocycles. The minimum Gasteiger partial charge on any atom is -0.391 e. The van der Waals surface area contributed by atoms with Crippen molar-refractivity contribution < 1.29 is 0 Å². The van der Waals surface area contributed by atoms with Crippen LogP contribution in [-0.2, 0) is 0 Å². The fraction of sp³-hybridized carbons (Fsp3) is 0.158. The van der Waals surface area contributed by atoms with Crippen LogP contribution >= 0.6 is 15.9 Å². The topological polar surface area (TPSA) is 88.5 Å². The molecule has 1 atom stereocenters. The smallest absolute Gasteiger partial charge is 0.156 e. The number of pyridine rings is 2. The maximum atomic E-state index is 6.76. The summed E-state index contributed by atoms with van der Waals surface area (Å²) in [6.07, 6.45) is 11.8. The first-order valence-corrected chi connectivity index (χ1v) is 16.0. The van der Waals surface area contributed by atoms with Gasteiger partial charge in [0.25, 0.3) is 0 Å². The lowest BCUT2D eigenvalue weighted by Crippen LogP contribution is -2.14. The molecule has 3 N–H and O–H groups in total. The van der Waals surface area contributed by atoms with Crippen molar-refractivity contribution in [2.24, 2.45) is 15.7 Å². The van der Waals surface area contributed by atoms with E-state index in [0.29, 0.717) is 12.3 Å². The summed E-state index contributed by atoms with van der Waals surface area (Å²) in [4.78, 5) is 18.8. The fourth-order valence-corrected chi connectivity index (χ4v) is 5.92. The van der Waals surface area contributed by atoms with Crippen LogP contribution in [0.3, 0.4) is 0 Å². The predicted octanol–water partition coefficient (Wildman–Crippen LogP) is 8.60. The van der Waals surface area contributed by atoms with Gasteiger partial charge in [0, 0.05) is 58.8 Å². The van der Waals surface area contributed by atoms with Crippen LogP contribution in [0.2, 0.25) is 0 Å². The van der Waals surface area contributed by atoms with Crippen molar-refractivity contribution >= 4 is 33.1 Å². The molecule has 3 aromatic carbocycles. The molecule has 0 bridgehead atoms. The maximum Gasteiger partial charge on any atom is 0.156 e. The Morgan fingerprint density at radius 3 is 2.13 bits per heavy atom. The zero-order valence-electron chi connectivity index (χ0n) is 25.2. The third-order valence-electron chi connectivity index (χ3n) is 7.87. The zero-order chi connectivity index (χ0) is 31.0. The molecule has 7 heteroatoms. The van der Waals surface area contributed by atoms with Gasteiger partial charge >= 0.3 is 0 Å².